The summed E-state index contributed by atoms with van der Waals surface area (Å²) in [6.45, 7) is 12.4. The average molecular weight is 248 g/mol. The van der Waals surface area contributed by atoms with Crippen molar-refractivity contribution in [2.45, 2.75) is 33.2 Å². The van der Waals surface area contributed by atoms with Crippen LogP contribution in [-0.4, -0.2) is 14.0 Å². The van der Waals surface area contributed by atoms with Crippen LogP contribution in [0.2, 0.25) is 19.6 Å². The molecular weight excluding hydrogens is 228 g/mol. The molecule has 0 saturated carbocycles. The summed E-state index contributed by atoms with van der Waals surface area (Å²) in [4.78, 5) is 11.2. The van der Waals surface area contributed by atoms with Crippen molar-refractivity contribution < 1.29 is 9.53 Å². The SMILES string of the molecule is C=C(C)C(=O)OCc1ccc([Si](C)(C)C)cc1. The zero-order valence-electron chi connectivity index (χ0n) is 11.0. The molecule has 0 heterocycles. The zero-order valence-corrected chi connectivity index (χ0v) is 12.0. The second kappa shape index (κ2) is 5.32. The Morgan fingerprint density at radius 1 is 1.24 bits per heavy atom. The van der Waals surface area contributed by atoms with Gasteiger partial charge < -0.3 is 4.74 Å². The van der Waals surface area contributed by atoms with E-state index in [0.29, 0.717) is 12.2 Å². The Kier molecular flexibility index (Phi) is 4.29. The molecular formula is C14H20O2Si. The Bertz CT molecular complexity index is 413. The van der Waals surface area contributed by atoms with Gasteiger partial charge in [0.2, 0.25) is 0 Å². The van der Waals surface area contributed by atoms with Gasteiger partial charge in [0.25, 0.3) is 0 Å². The van der Waals surface area contributed by atoms with Crippen molar-refractivity contribution in [2.75, 3.05) is 0 Å². The quantitative estimate of drug-likeness (QED) is 0.465. The summed E-state index contributed by atoms with van der Waals surface area (Å²) in [5.74, 6) is -0.334. The fourth-order valence-electron chi connectivity index (χ4n) is 1.37. The fourth-order valence-corrected chi connectivity index (χ4v) is 2.54. The fraction of sp³-hybridized carbons (Fsp3) is 0.357. The van der Waals surface area contributed by atoms with E-state index in [0.717, 1.165) is 5.56 Å². The van der Waals surface area contributed by atoms with E-state index in [4.69, 9.17) is 4.74 Å². The molecule has 0 bridgehead atoms. The van der Waals surface area contributed by atoms with Gasteiger partial charge in [-0.05, 0) is 12.5 Å². The molecule has 1 aromatic rings. The van der Waals surface area contributed by atoms with Gasteiger partial charge in [-0.15, -0.1) is 0 Å². The van der Waals surface area contributed by atoms with E-state index in [-0.39, 0.29) is 5.97 Å². The second-order valence-corrected chi connectivity index (χ2v) is 10.4. The number of hydrogen-bond acceptors (Lipinski definition) is 2. The number of carbonyl (C=O) groups is 1. The maximum Gasteiger partial charge on any atom is 0.333 e. The van der Waals surface area contributed by atoms with Gasteiger partial charge in [0.05, 0.1) is 8.07 Å². The minimum absolute atomic E-state index is 0.317. The molecule has 0 aliphatic carbocycles. The Balaban J connectivity index is 2.63. The molecule has 1 rings (SSSR count). The molecule has 0 atom stereocenters. The van der Waals surface area contributed by atoms with Crippen LogP contribution in [0.15, 0.2) is 36.4 Å². The largest absolute Gasteiger partial charge is 0.457 e. The zero-order chi connectivity index (χ0) is 13.1. The Morgan fingerprint density at radius 2 is 1.76 bits per heavy atom. The van der Waals surface area contributed by atoms with E-state index in [1.54, 1.807) is 6.92 Å². The predicted octanol–water partition coefficient (Wildman–Crippen LogP) is 2.85. The van der Waals surface area contributed by atoms with Crippen LogP contribution >= 0.6 is 0 Å². The van der Waals surface area contributed by atoms with Gasteiger partial charge in [0.15, 0.2) is 0 Å². The summed E-state index contributed by atoms with van der Waals surface area (Å²) in [5, 5.41) is 1.41. The standard InChI is InChI=1S/C14H20O2Si/c1-11(2)14(15)16-10-12-6-8-13(9-7-12)17(3,4)5/h6-9H,1,10H2,2-5H3. The number of esters is 1. The van der Waals surface area contributed by atoms with E-state index in [1.165, 1.54) is 5.19 Å². The van der Waals surface area contributed by atoms with Crippen molar-refractivity contribution >= 4 is 19.2 Å². The monoisotopic (exact) mass is 248 g/mol. The third kappa shape index (κ3) is 4.19. The van der Waals surface area contributed by atoms with Crippen LogP contribution in [0.5, 0.6) is 0 Å². The highest BCUT2D eigenvalue weighted by molar-refractivity contribution is 6.88. The van der Waals surface area contributed by atoms with Crippen molar-refractivity contribution in [1.29, 1.82) is 0 Å². The van der Waals surface area contributed by atoms with Gasteiger partial charge in [-0.25, -0.2) is 4.79 Å². The Labute approximate surface area is 104 Å². The molecule has 17 heavy (non-hydrogen) atoms. The first-order valence-corrected chi connectivity index (χ1v) is 9.23. The lowest BCUT2D eigenvalue weighted by Crippen LogP contribution is -2.37. The van der Waals surface area contributed by atoms with Crippen molar-refractivity contribution in [3.8, 4) is 0 Å². The molecule has 2 nitrogen and oxygen atoms in total. The summed E-state index contributed by atoms with van der Waals surface area (Å²) >= 11 is 0. The number of rotatable bonds is 4. The van der Waals surface area contributed by atoms with Crippen LogP contribution < -0.4 is 5.19 Å². The lowest BCUT2D eigenvalue weighted by Gasteiger charge is -2.16. The first-order chi connectivity index (χ1) is 7.80. The first-order valence-electron chi connectivity index (χ1n) is 5.73. The van der Waals surface area contributed by atoms with Gasteiger partial charge >= 0.3 is 5.97 Å². The van der Waals surface area contributed by atoms with Gasteiger partial charge in [0.1, 0.15) is 6.61 Å². The van der Waals surface area contributed by atoms with Crippen molar-refractivity contribution in [3.05, 3.63) is 42.0 Å². The highest BCUT2D eigenvalue weighted by Crippen LogP contribution is 2.06. The van der Waals surface area contributed by atoms with Crippen molar-refractivity contribution in [3.63, 3.8) is 0 Å². The topological polar surface area (TPSA) is 26.3 Å². The van der Waals surface area contributed by atoms with E-state index < -0.39 is 8.07 Å². The molecule has 3 heteroatoms. The number of carbonyl (C=O) groups excluding carboxylic acids is 1. The summed E-state index contributed by atoms with van der Waals surface area (Å²) in [6.07, 6.45) is 0. The van der Waals surface area contributed by atoms with Gasteiger partial charge in [-0.1, -0.05) is 55.7 Å². The molecule has 92 valence electrons. The molecule has 0 unspecified atom stereocenters. The Morgan fingerprint density at radius 3 is 2.18 bits per heavy atom. The third-order valence-electron chi connectivity index (χ3n) is 2.54. The summed E-state index contributed by atoms with van der Waals surface area (Å²) in [6, 6.07) is 8.32. The van der Waals surface area contributed by atoms with Crippen LogP contribution in [-0.2, 0) is 16.1 Å². The van der Waals surface area contributed by atoms with Crippen LogP contribution in [0, 0.1) is 0 Å². The van der Waals surface area contributed by atoms with E-state index in [1.807, 2.05) is 12.1 Å². The number of ether oxygens (including phenoxy) is 1. The lowest BCUT2D eigenvalue weighted by atomic mass is 10.2. The smallest absolute Gasteiger partial charge is 0.333 e. The molecule has 0 aliphatic heterocycles. The van der Waals surface area contributed by atoms with E-state index >= 15 is 0 Å². The molecule has 0 aromatic heterocycles. The molecule has 0 amide bonds. The number of hydrogen-bond donors (Lipinski definition) is 0. The third-order valence-corrected chi connectivity index (χ3v) is 4.60. The molecule has 0 fully saturated rings. The number of benzene rings is 1. The van der Waals surface area contributed by atoms with E-state index in [2.05, 4.69) is 38.4 Å². The van der Waals surface area contributed by atoms with Gasteiger partial charge in [-0.2, -0.15) is 0 Å². The molecule has 0 N–H and O–H groups in total. The molecule has 0 saturated heterocycles. The molecule has 1 aromatic carbocycles. The minimum Gasteiger partial charge on any atom is -0.457 e. The summed E-state index contributed by atoms with van der Waals surface area (Å²) in [5.41, 5.74) is 1.45. The van der Waals surface area contributed by atoms with Crippen molar-refractivity contribution in [1.82, 2.24) is 0 Å². The van der Waals surface area contributed by atoms with Crippen LogP contribution in [0.4, 0.5) is 0 Å². The molecule has 0 radical (unpaired) electrons. The van der Waals surface area contributed by atoms with Gasteiger partial charge in [-0.3, -0.25) is 0 Å². The minimum atomic E-state index is -1.24. The van der Waals surface area contributed by atoms with Crippen LogP contribution in [0.25, 0.3) is 0 Å². The normalized spacial score (nSPS) is 11.1. The van der Waals surface area contributed by atoms with Gasteiger partial charge in [0, 0.05) is 5.57 Å². The van der Waals surface area contributed by atoms with Crippen molar-refractivity contribution in [2.24, 2.45) is 0 Å². The molecule has 0 aliphatic rings. The van der Waals surface area contributed by atoms with Crippen LogP contribution in [0.1, 0.15) is 12.5 Å². The second-order valence-electron chi connectivity index (χ2n) is 5.30. The maximum absolute atomic E-state index is 11.2. The van der Waals surface area contributed by atoms with E-state index in [9.17, 15) is 4.79 Å². The predicted molar refractivity (Wildman–Crippen MR) is 74.0 cm³/mol. The maximum atomic E-state index is 11.2. The summed E-state index contributed by atoms with van der Waals surface area (Å²) in [7, 11) is -1.24. The lowest BCUT2D eigenvalue weighted by molar-refractivity contribution is -0.140. The Hall–Kier alpha value is -1.35. The molecule has 0 spiro atoms. The highest BCUT2D eigenvalue weighted by atomic mass is 28.3. The highest BCUT2D eigenvalue weighted by Gasteiger charge is 2.15. The first kappa shape index (κ1) is 13.7. The average Bonchev–Trinajstić information content (AvgIpc) is 2.25. The van der Waals surface area contributed by atoms with Crippen LogP contribution in [0.3, 0.4) is 0 Å². The summed E-state index contributed by atoms with van der Waals surface area (Å²) < 4.78 is 5.09.